The van der Waals surface area contributed by atoms with Crippen molar-refractivity contribution in [1.29, 1.82) is 0 Å². The molecule has 0 bridgehead atoms. The molecule has 0 aromatic heterocycles. The van der Waals surface area contributed by atoms with Gasteiger partial charge in [0.15, 0.2) is 0 Å². The summed E-state index contributed by atoms with van der Waals surface area (Å²) in [7, 11) is -4.52. The van der Waals surface area contributed by atoms with Gasteiger partial charge in [0.1, 0.15) is 5.75 Å². The Labute approximate surface area is 104 Å². The van der Waals surface area contributed by atoms with Gasteiger partial charge >= 0.3 is 16.8 Å². The number of halogens is 3. The number of alkyl halides is 2. The van der Waals surface area contributed by atoms with Crippen LogP contribution in [0, 0.1) is 0 Å². The van der Waals surface area contributed by atoms with Crippen molar-refractivity contribution in [2.75, 3.05) is 0 Å². The van der Waals surface area contributed by atoms with Crippen LogP contribution in [0.15, 0.2) is 24.3 Å². The lowest BCUT2D eigenvalue weighted by Crippen LogP contribution is -2.13. The highest BCUT2D eigenvalue weighted by Crippen LogP contribution is 2.17. The largest absolute Gasteiger partial charge is 0.435 e. The van der Waals surface area contributed by atoms with E-state index in [1.54, 1.807) is 0 Å². The first-order valence-electron chi connectivity index (χ1n) is 5.26. The van der Waals surface area contributed by atoms with E-state index < -0.39 is 22.1 Å². The van der Waals surface area contributed by atoms with Crippen molar-refractivity contribution in [3.63, 3.8) is 0 Å². The highest BCUT2D eigenvalue weighted by Gasteiger charge is 2.18. The molecular formula is C11H13F3O3S. The van der Waals surface area contributed by atoms with Gasteiger partial charge in [0.2, 0.25) is 0 Å². The summed E-state index contributed by atoms with van der Waals surface area (Å²) < 4.78 is 61.6. The molecule has 1 aromatic rings. The average Bonchev–Trinajstić information content (AvgIpc) is 2.25. The summed E-state index contributed by atoms with van der Waals surface area (Å²) in [5, 5.41) is -1.07. The summed E-state index contributed by atoms with van der Waals surface area (Å²) in [6, 6.07) is 5.79. The molecule has 7 heteroatoms. The monoisotopic (exact) mass is 282 g/mol. The first-order chi connectivity index (χ1) is 8.29. The van der Waals surface area contributed by atoms with Crippen molar-refractivity contribution >= 4 is 10.2 Å². The van der Waals surface area contributed by atoms with Crippen LogP contribution in [0.25, 0.3) is 0 Å². The van der Waals surface area contributed by atoms with Crippen molar-refractivity contribution in [1.82, 2.24) is 0 Å². The van der Waals surface area contributed by atoms with Crippen LogP contribution in [0.3, 0.4) is 0 Å². The maximum absolute atomic E-state index is 12.6. The third-order valence-corrected chi connectivity index (χ3v) is 3.67. The second-order valence-corrected chi connectivity index (χ2v) is 5.60. The molecule has 18 heavy (non-hydrogen) atoms. The average molecular weight is 282 g/mol. The van der Waals surface area contributed by atoms with Crippen LogP contribution in [0.5, 0.6) is 5.75 Å². The van der Waals surface area contributed by atoms with Crippen LogP contribution in [0.4, 0.5) is 12.7 Å². The predicted octanol–water partition coefficient (Wildman–Crippen LogP) is 2.91. The summed E-state index contributed by atoms with van der Waals surface area (Å²) in [5.74, 6) is 0.0277. The Hall–Kier alpha value is -1.24. The molecular weight excluding hydrogens is 269 g/mol. The number of benzene rings is 1. The molecule has 0 aliphatic heterocycles. The van der Waals surface area contributed by atoms with Crippen molar-refractivity contribution in [2.24, 2.45) is 0 Å². The van der Waals surface area contributed by atoms with Crippen LogP contribution in [-0.4, -0.2) is 20.3 Å². The van der Waals surface area contributed by atoms with Crippen LogP contribution in [0.2, 0.25) is 0 Å². The van der Waals surface area contributed by atoms with Crippen molar-refractivity contribution in [3.05, 3.63) is 29.8 Å². The zero-order valence-corrected chi connectivity index (χ0v) is 10.5. The molecule has 0 aliphatic carbocycles. The van der Waals surface area contributed by atoms with E-state index >= 15 is 0 Å². The smallest absolute Gasteiger partial charge is 0.387 e. The van der Waals surface area contributed by atoms with E-state index in [1.165, 1.54) is 31.2 Å². The third kappa shape index (κ3) is 4.95. The minimum Gasteiger partial charge on any atom is -0.435 e. The van der Waals surface area contributed by atoms with Gasteiger partial charge in [0, 0.05) is 0 Å². The van der Waals surface area contributed by atoms with Crippen LogP contribution in [0.1, 0.15) is 18.9 Å². The second-order valence-electron chi connectivity index (χ2n) is 3.85. The fourth-order valence-electron chi connectivity index (χ4n) is 1.35. The molecule has 0 radical (unpaired) electrons. The van der Waals surface area contributed by atoms with Crippen molar-refractivity contribution < 1.29 is 25.8 Å². The lowest BCUT2D eigenvalue weighted by molar-refractivity contribution is -0.0498. The Bertz CT molecular complexity index is 471. The maximum Gasteiger partial charge on any atom is 0.387 e. The minimum absolute atomic E-state index is 0.0277. The molecule has 102 valence electrons. The SMILES string of the molecule is CC(CCc1ccc(OC(F)F)cc1)S(=O)(=O)F. The zero-order valence-electron chi connectivity index (χ0n) is 9.65. The molecule has 0 N–H and O–H groups in total. The Kier molecular flexibility index (Phi) is 5.01. The fraction of sp³-hybridized carbons (Fsp3) is 0.455. The Balaban J connectivity index is 2.54. The molecule has 0 saturated carbocycles. The van der Waals surface area contributed by atoms with Crippen molar-refractivity contribution in [3.8, 4) is 5.75 Å². The Morgan fingerprint density at radius 1 is 1.22 bits per heavy atom. The molecule has 0 amide bonds. The van der Waals surface area contributed by atoms with Gasteiger partial charge < -0.3 is 4.74 Å². The zero-order chi connectivity index (χ0) is 13.8. The summed E-state index contributed by atoms with van der Waals surface area (Å²) >= 11 is 0. The first kappa shape index (κ1) is 14.8. The summed E-state index contributed by atoms with van der Waals surface area (Å²) in [6.45, 7) is -1.60. The van der Waals surface area contributed by atoms with Gasteiger partial charge in [-0.05, 0) is 37.5 Å². The number of ether oxygens (including phenoxy) is 1. The van der Waals surface area contributed by atoms with Gasteiger partial charge in [-0.15, -0.1) is 3.89 Å². The van der Waals surface area contributed by atoms with E-state index in [4.69, 9.17) is 0 Å². The summed E-state index contributed by atoms with van der Waals surface area (Å²) in [6.07, 6.45) is 0.479. The molecule has 0 fully saturated rings. The Morgan fingerprint density at radius 3 is 2.22 bits per heavy atom. The highest BCUT2D eigenvalue weighted by molar-refractivity contribution is 7.86. The quantitative estimate of drug-likeness (QED) is 0.753. The molecule has 1 unspecified atom stereocenters. The topological polar surface area (TPSA) is 43.4 Å². The van der Waals surface area contributed by atoms with E-state index in [2.05, 4.69) is 4.74 Å². The van der Waals surface area contributed by atoms with Gasteiger partial charge in [0.05, 0.1) is 5.25 Å². The van der Waals surface area contributed by atoms with E-state index in [1.807, 2.05) is 0 Å². The van der Waals surface area contributed by atoms with E-state index in [0.717, 1.165) is 5.56 Å². The van der Waals surface area contributed by atoms with Crippen LogP contribution >= 0.6 is 0 Å². The number of hydrogen-bond donors (Lipinski definition) is 0. The third-order valence-electron chi connectivity index (χ3n) is 2.47. The number of hydrogen-bond acceptors (Lipinski definition) is 3. The van der Waals surface area contributed by atoms with E-state index in [-0.39, 0.29) is 12.2 Å². The van der Waals surface area contributed by atoms with Gasteiger partial charge in [-0.25, -0.2) is 0 Å². The first-order valence-corrected chi connectivity index (χ1v) is 6.71. The normalized spacial score (nSPS) is 13.6. The summed E-state index contributed by atoms with van der Waals surface area (Å²) in [4.78, 5) is 0. The highest BCUT2D eigenvalue weighted by atomic mass is 32.3. The lowest BCUT2D eigenvalue weighted by atomic mass is 10.1. The summed E-state index contributed by atoms with van der Waals surface area (Å²) in [5.41, 5.74) is 0.729. The van der Waals surface area contributed by atoms with Gasteiger partial charge in [-0.1, -0.05) is 12.1 Å². The number of rotatable bonds is 6. The van der Waals surface area contributed by atoms with Crippen LogP contribution < -0.4 is 4.74 Å². The molecule has 1 rings (SSSR count). The minimum atomic E-state index is -4.52. The maximum atomic E-state index is 12.6. The molecule has 1 atom stereocenters. The molecule has 0 heterocycles. The lowest BCUT2D eigenvalue weighted by Gasteiger charge is -2.08. The number of aryl methyl sites for hydroxylation is 1. The van der Waals surface area contributed by atoms with Gasteiger partial charge in [-0.2, -0.15) is 17.2 Å². The standard InChI is InChI=1S/C11H13F3O3S/c1-8(18(14,15)16)2-3-9-4-6-10(7-5-9)17-11(12)13/h4-8,11H,2-3H2,1H3. The predicted molar refractivity (Wildman–Crippen MR) is 60.9 cm³/mol. The van der Waals surface area contributed by atoms with Crippen LogP contribution in [-0.2, 0) is 16.6 Å². The molecule has 0 spiro atoms. The van der Waals surface area contributed by atoms with E-state index in [0.29, 0.717) is 6.42 Å². The van der Waals surface area contributed by atoms with Crippen molar-refractivity contribution in [2.45, 2.75) is 31.6 Å². The van der Waals surface area contributed by atoms with Gasteiger partial charge in [0.25, 0.3) is 0 Å². The fourth-order valence-corrected chi connectivity index (χ4v) is 1.75. The molecule has 0 aliphatic rings. The van der Waals surface area contributed by atoms with E-state index in [9.17, 15) is 21.1 Å². The second kappa shape index (κ2) is 6.08. The molecule has 0 saturated heterocycles. The molecule has 1 aromatic carbocycles. The van der Waals surface area contributed by atoms with Gasteiger partial charge in [-0.3, -0.25) is 0 Å². The molecule has 3 nitrogen and oxygen atoms in total. The Morgan fingerprint density at radius 2 is 1.78 bits per heavy atom.